The molecule has 1 unspecified atom stereocenters. The van der Waals surface area contributed by atoms with Crippen molar-refractivity contribution < 1.29 is 14.7 Å². The molecule has 1 amide bonds. The number of amides is 1. The second-order valence-electron chi connectivity index (χ2n) is 6.42. The van der Waals surface area contributed by atoms with Gasteiger partial charge >= 0.3 is 5.97 Å². The Bertz CT molecular complexity index is 1190. The Kier molecular flexibility index (Phi) is 7.18. The predicted molar refractivity (Wildman–Crippen MR) is 122 cm³/mol. The number of pyridine rings is 1. The Morgan fingerprint density at radius 3 is 2.48 bits per heavy atom. The Morgan fingerprint density at radius 2 is 1.84 bits per heavy atom. The SMILES string of the molecule is CC(Sc1nc(-c2ccc(Cl)cc2)ccc1C#N)C(=O)Nc1ccc(Cl)c(C(=O)O)c1. The van der Waals surface area contributed by atoms with Gasteiger partial charge in [-0.2, -0.15) is 5.26 Å². The third-order valence-corrected chi connectivity index (χ3v) is 5.93. The van der Waals surface area contributed by atoms with Crippen molar-refractivity contribution in [3.8, 4) is 17.3 Å². The predicted octanol–water partition coefficient (Wildman–Crippen LogP) is 5.74. The lowest BCUT2D eigenvalue weighted by atomic mass is 10.1. The first kappa shape index (κ1) is 22.6. The van der Waals surface area contributed by atoms with E-state index in [-0.39, 0.29) is 16.5 Å². The van der Waals surface area contributed by atoms with E-state index in [2.05, 4.69) is 16.4 Å². The van der Waals surface area contributed by atoms with E-state index < -0.39 is 11.2 Å². The van der Waals surface area contributed by atoms with E-state index in [1.54, 1.807) is 31.2 Å². The zero-order valence-corrected chi connectivity index (χ0v) is 18.4. The van der Waals surface area contributed by atoms with Gasteiger partial charge in [-0.1, -0.05) is 47.1 Å². The van der Waals surface area contributed by atoms with Crippen LogP contribution in [0.4, 0.5) is 5.69 Å². The van der Waals surface area contributed by atoms with Crippen LogP contribution in [0.5, 0.6) is 0 Å². The number of hydrogen-bond donors (Lipinski definition) is 2. The molecule has 6 nitrogen and oxygen atoms in total. The van der Waals surface area contributed by atoms with E-state index in [1.807, 2.05) is 12.1 Å². The van der Waals surface area contributed by atoms with Gasteiger partial charge in [-0.25, -0.2) is 9.78 Å². The van der Waals surface area contributed by atoms with Gasteiger partial charge in [0.25, 0.3) is 0 Å². The zero-order chi connectivity index (χ0) is 22.5. The summed E-state index contributed by atoms with van der Waals surface area (Å²) in [5, 5.41) is 21.8. The number of carboxylic acid groups (broad SMARTS) is 1. The first-order valence-electron chi connectivity index (χ1n) is 8.96. The van der Waals surface area contributed by atoms with Crippen LogP contribution in [0.1, 0.15) is 22.8 Å². The number of nitriles is 1. The molecule has 0 saturated carbocycles. The number of anilines is 1. The van der Waals surface area contributed by atoms with Gasteiger partial charge < -0.3 is 10.4 Å². The highest BCUT2D eigenvalue weighted by atomic mass is 35.5. The van der Waals surface area contributed by atoms with Crippen molar-refractivity contribution >= 4 is 52.5 Å². The van der Waals surface area contributed by atoms with Crippen molar-refractivity contribution in [3.63, 3.8) is 0 Å². The molecule has 0 bridgehead atoms. The zero-order valence-electron chi connectivity index (χ0n) is 16.1. The molecule has 0 fully saturated rings. The molecule has 3 rings (SSSR count). The number of carbonyl (C=O) groups excluding carboxylic acids is 1. The first-order chi connectivity index (χ1) is 14.8. The summed E-state index contributed by atoms with van der Waals surface area (Å²) in [4.78, 5) is 28.4. The number of benzene rings is 2. The molecular weight excluding hydrogens is 457 g/mol. The molecule has 1 aromatic heterocycles. The number of carboxylic acids is 1. The van der Waals surface area contributed by atoms with E-state index in [4.69, 9.17) is 23.2 Å². The Morgan fingerprint density at radius 1 is 1.13 bits per heavy atom. The number of thioether (sulfide) groups is 1. The molecule has 0 saturated heterocycles. The lowest BCUT2D eigenvalue weighted by Crippen LogP contribution is -2.22. The summed E-state index contributed by atoms with van der Waals surface area (Å²) in [5.41, 5.74) is 2.03. The third kappa shape index (κ3) is 5.56. The average Bonchev–Trinajstić information content (AvgIpc) is 2.75. The molecule has 0 aliphatic heterocycles. The van der Waals surface area contributed by atoms with Crippen LogP contribution < -0.4 is 5.32 Å². The number of nitrogens with one attached hydrogen (secondary N) is 1. The Balaban J connectivity index is 1.79. The van der Waals surface area contributed by atoms with E-state index in [9.17, 15) is 20.0 Å². The van der Waals surface area contributed by atoms with Crippen LogP contribution in [-0.4, -0.2) is 27.2 Å². The lowest BCUT2D eigenvalue weighted by Gasteiger charge is -2.14. The van der Waals surface area contributed by atoms with Crippen LogP contribution in [-0.2, 0) is 4.79 Å². The van der Waals surface area contributed by atoms with Crippen molar-refractivity contribution in [2.75, 3.05) is 5.32 Å². The Hall–Kier alpha value is -3.05. The molecule has 156 valence electrons. The smallest absolute Gasteiger partial charge is 0.337 e. The molecule has 2 aromatic carbocycles. The standard InChI is InChI=1S/C22H15Cl2N3O3S/c1-12(20(28)26-16-7-8-18(24)17(10-16)22(29)30)31-21-14(11-25)4-9-19(27-21)13-2-5-15(23)6-3-13/h2-10,12H,1H3,(H,26,28)(H,29,30). The maximum absolute atomic E-state index is 12.6. The van der Waals surface area contributed by atoms with Gasteiger partial charge in [0, 0.05) is 16.3 Å². The van der Waals surface area contributed by atoms with Crippen molar-refractivity contribution in [1.29, 1.82) is 5.26 Å². The summed E-state index contributed by atoms with van der Waals surface area (Å²) in [6, 6.07) is 16.8. The van der Waals surface area contributed by atoms with Crippen molar-refractivity contribution in [1.82, 2.24) is 4.98 Å². The summed E-state index contributed by atoms with van der Waals surface area (Å²) >= 11 is 12.9. The van der Waals surface area contributed by atoms with Crippen molar-refractivity contribution in [2.24, 2.45) is 0 Å². The second kappa shape index (κ2) is 9.84. The molecule has 2 N–H and O–H groups in total. The highest BCUT2D eigenvalue weighted by Gasteiger charge is 2.19. The molecule has 0 radical (unpaired) electrons. The molecule has 0 spiro atoms. The van der Waals surface area contributed by atoms with Gasteiger partial charge in [0.05, 0.1) is 27.1 Å². The summed E-state index contributed by atoms with van der Waals surface area (Å²) in [7, 11) is 0. The second-order valence-corrected chi connectivity index (χ2v) is 8.59. The van der Waals surface area contributed by atoms with Gasteiger partial charge in [-0.15, -0.1) is 0 Å². The fraction of sp³-hybridized carbons (Fsp3) is 0.0909. The maximum Gasteiger partial charge on any atom is 0.337 e. The minimum Gasteiger partial charge on any atom is -0.478 e. The van der Waals surface area contributed by atoms with Crippen LogP contribution in [0.2, 0.25) is 10.0 Å². The monoisotopic (exact) mass is 471 g/mol. The van der Waals surface area contributed by atoms with Crippen LogP contribution in [0.15, 0.2) is 59.6 Å². The number of hydrogen-bond acceptors (Lipinski definition) is 5. The van der Waals surface area contributed by atoms with Gasteiger partial charge in [0.2, 0.25) is 5.91 Å². The van der Waals surface area contributed by atoms with Crippen LogP contribution >= 0.6 is 35.0 Å². The van der Waals surface area contributed by atoms with E-state index in [0.717, 1.165) is 17.3 Å². The van der Waals surface area contributed by atoms with Crippen molar-refractivity contribution in [2.45, 2.75) is 17.2 Å². The summed E-state index contributed by atoms with van der Waals surface area (Å²) in [5.74, 6) is -1.56. The molecule has 1 heterocycles. The molecule has 0 aliphatic rings. The summed E-state index contributed by atoms with van der Waals surface area (Å²) in [6.07, 6.45) is 0. The van der Waals surface area contributed by atoms with E-state index in [0.29, 0.717) is 27.0 Å². The average molecular weight is 472 g/mol. The third-order valence-electron chi connectivity index (χ3n) is 4.24. The number of halogens is 2. The van der Waals surface area contributed by atoms with Crippen LogP contribution in [0.25, 0.3) is 11.3 Å². The quantitative estimate of drug-likeness (QED) is 0.443. The van der Waals surface area contributed by atoms with Gasteiger partial charge in [0.1, 0.15) is 11.1 Å². The molecule has 31 heavy (non-hydrogen) atoms. The molecule has 9 heteroatoms. The summed E-state index contributed by atoms with van der Waals surface area (Å²) in [6.45, 7) is 1.67. The summed E-state index contributed by atoms with van der Waals surface area (Å²) < 4.78 is 0. The lowest BCUT2D eigenvalue weighted by molar-refractivity contribution is -0.115. The van der Waals surface area contributed by atoms with Crippen LogP contribution in [0.3, 0.4) is 0 Å². The minimum atomic E-state index is -1.19. The van der Waals surface area contributed by atoms with Gasteiger partial charge in [0.15, 0.2) is 0 Å². The molecule has 0 aliphatic carbocycles. The Labute approximate surface area is 192 Å². The number of aromatic carboxylic acids is 1. The molecule has 3 aromatic rings. The highest BCUT2D eigenvalue weighted by Crippen LogP contribution is 2.29. The largest absolute Gasteiger partial charge is 0.478 e. The normalized spacial score (nSPS) is 11.4. The maximum atomic E-state index is 12.6. The van der Waals surface area contributed by atoms with Gasteiger partial charge in [-0.05, 0) is 49.4 Å². The fourth-order valence-electron chi connectivity index (χ4n) is 2.63. The van der Waals surface area contributed by atoms with Gasteiger partial charge in [-0.3, -0.25) is 4.79 Å². The number of carbonyl (C=O) groups is 2. The van der Waals surface area contributed by atoms with Crippen molar-refractivity contribution in [3.05, 3.63) is 75.8 Å². The number of rotatable bonds is 6. The number of nitrogens with zero attached hydrogens (tertiary/aromatic N) is 2. The fourth-order valence-corrected chi connectivity index (χ4v) is 3.85. The minimum absolute atomic E-state index is 0.0785. The van der Waals surface area contributed by atoms with E-state index in [1.165, 1.54) is 18.2 Å². The molecular formula is C22H15Cl2N3O3S. The van der Waals surface area contributed by atoms with E-state index >= 15 is 0 Å². The highest BCUT2D eigenvalue weighted by molar-refractivity contribution is 8.00. The molecule has 1 atom stereocenters. The topological polar surface area (TPSA) is 103 Å². The number of aromatic nitrogens is 1. The van der Waals surface area contributed by atoms with Crippen LogP contribution in [0, 0.1) is 11.3 Å². The first-order valence-corrected chi connectivity index (χ1v) is 10.6.